The molecule has 226 valence electrons. The summed E-state index contributed by atoms with van der Waals surface area (Å²) in [6, 6.07) is 20.7. The van der Waals surface area contributed by atoms with Crippen LogP contribution in [0, 0.1) is 6.92 Å². The third-order valence-corrected chi connectivity index (χ3v) is 8.39. The summed E-state index contributed by atoms with van der Waals surface area (Å²) < 4.78 is 33.2. The zero-order valence-corrected chi connectivity index (χ0v) is 24.2. The number of carboxylic acid groups (broad SMARTS) is 1. The fourth-order valence-electron chi connectivity index (χ4n) is 4.76. The predicted molar refractivity (Wildman–Crippen MR) is 158 cm³/mol. The van der Waals surface area contributed by atoms with Gasteiger partial charge in [0.25, 0.3) is 0 Å². The van der Waals surface area contributed by atoms with E-state index in [9.17, 15) is 27.9 Å². The number of hydrazone groups is 1. The summed E-state index contributed by atoms with van der Waals surface area (Å²) >= 11 is 0. The van der Waals surface area contributed by atoms with Crippen molar-refractivity contribution in [2.45, 2.75) is 49.4 Å². The van der Waals surface area contributed by atoms with Crippen molar-refractivity contribution in [3.05, 3.63) is 101 Å². The first kappa shape index (κ1) is 31.2. The van der Waals surface area contributed by atoms with Gasteiger partial charge in [0.2, 0.25) is 15.9 Å². The number of nitrogens with zero attached hydrogens (tertiary/aromatic N) is 2. The Morgan fingerprint density at radius 3 is 2.49 bits per heavy atom. The molecule has 0 bridgehead atoms. The number of carbonyl (C=O) groups is 3. The highest BCUT2D eigenvalue weighted by Crippen LogP contribution is 2.34. The Morgan fingerprint density at radius 2 is 1.84 bits per heavy atom. The summed E-state index contributed by atoms with van der Waals surface area (Å²) in [6.45, 7) is 1.49. The molecule has 0 spiro atoms. The molecule has 13 heteroatoms. The van der Waals surface area contributed by atoms with Crippen LogP contribution in [-0.4, -0.2) is 61.3 Å². The number of carbonyl (C=O) groups excluding carboxylic acids is 2. The maximum atomic E-state index is 13.2. The van der Waals surface area contributed by atoms with Crippen LogP contribution in [0.25, 0.3) is 0 Å². The number of carboxylic acids is 1. The molecule has 2 amide bonds. The van der Waals surface area contributed by atoms with Gasteiger partial charge in [-0.05, 0) is 41.3 Å². The lowest BCUT2D eigenvalue weighted by Crippen LogP contribution is -2.49. The maximum Gasteiger partial charge on any atom is 0.410 e. The molecule has 1 aliphatic rings. The summed E-state index contributed by atoms with van der Waals surface area (Å²) in [5.41, 5.74) is 3.19. The van der Waals surface area contributed by atoms with Crippen LogP contribution in [0.4, 0.5) is 4.79 Å². The smallest absolute Gasteiger partial charge is 0.410 e. The van der Waals surface area contributed by atoms with Gasteiger partial charge < -0.3 is 21.0 Å². The quantitative estimate of drug-likeness (QED) is 0.138. The third-order valence-electron chi connectivity index (χ3n) is 6.92. The van der Waals surface area contributed by atoms with E-state index < -0.39 is 52.7 Å². The number of aryl methyl sites for hydroxylation is 1. The van der Waals surface area contributed by atoms with Gasteiger partial charge in [0.15, 0.2) is 0 Å². The first-order chi connectivity index (χ1) is 20.6. The summed E-state index contributed by atoms with van der Waals surface area (Å²) in [5, 5.41) is 15.6. The van der Waals surface area contributed by atoms with Crippen molar-refractivity contribution >= 4 is 34.2 Å². The lowest BCUT2D eigenvalue weighted by atomic mass is 9.95. The molecule has 0 unspecified atom stereocenters. The number of amides is 2. The molecule has 5 N–H and O–H groups in total. The monoisotopic (exact) mass is 607 g/mol. The van der Waals surface area contributed by atoms with Gasteiger partial charge in [0.05, 0.1) is 23.6 Å². The van der Waals surface area contributed by atoms with Crippen molar-refractivity contribution in [3.63, 3.8) is 0 Å². The van der Waals surface area contributed by atoms with Crippen molar-refractivity contribution in [3.8, 4) is 0 Å². The van der Waals surface area contributed by atoms with Crippen LogP contribution in [-0.2, 0) is 30.9 Å². The Labute approximate surface area is 249 Å². The van der Waals surface area contributed by atoms with Crippen molar-refractivity contribution in [1.82, 2.24) is 14.9 Å². The van der Waals surface area contributed by atoms with Gasteiger partial charge in [-0.25, -0.2) is 13.2 Å². The normalized spacial score (nSPS) is 17.8. The molecule has 4 rings (SSSR count). The largest absolute Gasteiger partial charge is 0.480 e. The number of aliphatic carboxylic acids is 1. The van der Waals surface area contributed by atoms with Gasteiger partial charge in [0.1, 0.15) is 12.1 Å². The van der Waals surface area contributed by atoms with Gasteiger partial charge in [-0.3, -0.25) is 14.5 Å². The van der Waals surface area contributed by atoms with Crippen LogP contribution < -0.4 is 15.9 Å². The summed E-state index contributed by atoms with van der Waals surface area (Å²) in [7, 11) is -4.16. The zero-order chi connectivity index (χ0) is 31.0. The number of hydrogen-bond donors (Lipinski definition) is 4. The van der Waals surface area contributed by atoms with E-state index in [-0.39, 0.29) is 17.9 Å². The number of nitrogens with two attached hydrogens (primary N) is 1. The minimum absolute atomic E-state index is 0.0892. The lowest BCUT2D eigenvalue weighted by Gasteiger charge is -2.39. The molecule has 1 aliphatic heterocycles. The molecule has 12 nitrogen and oxygen atoms in total. The molecule has 3 aromatic rings. The Balaban J connectivity index is 1.44. The van der Waals surface area contributed by atoms with E-state index in [2.05, 4.69) is 15.1 Å². The molecule has 3 atom stereocenters. The first-order valence-electron chi connectivity index (χ1n) is 13.5. The van der Waals surface area contributed by atoms with Gasteiger partial charge in [0, 0.05) is 19.5 Å². The van der Waals surface area contributed by atoms with Crippen LogP contribution >= 0.6 is 0 Å². The molecular weight excluding hydrogens is 574 g/mol. The SMILES string of the molecule is Cc1cccc(S(=O)(=O)N[C@@H](CNC(=O)C[C@@H]2C[C@H](c3ccc(C=NN)cc3)N(Cc3ccccc3)C(=O)O2)C(=O)O)c1. The Hall–Kier alpha value is -4.75. The molecular formula is C30H33N5O7S. The Bertz CT molecular complexity index is 1580. The molecule has 43 heavy (non-hydrogen) atoms. The second kappa shape index (κ2) is 13.9. The first-order valence-corrected chi connectivity index (χ1v) is 15.0. The fraction of sp³-hybridized carbons (Fsp3) is 0.267. The van der Waals surface area contributed by atoms with E-state index in [1.807, 2.05) is 54.6 Å². The van der Waals surface area contributed by atoms with Gasteiger partial charge in [-0.1, -0.05) is 66.7 Å². The molecule has 3 aromatic carbocycles. The van der Waals surface area contributed by atoms with Gasteiger partial charge in [-0.15, -0.1) is 0 Å². The standard InChI is InChI=1S/C30H33N5O7S/c1-20-6-5-9-25(14-20)43(40,41)34-26(29(37)38)18-32-28(36)16-24-15-27(23-12-10-21(11-13-23)17-33-31)35(30(39)42-24)19-22-7-3-2-4-8-22/h2-14,17,24,26-27,34H,15-16,18-19,31H2,1H3,(H,32,36)(H,37,38)/t24-,26-,27+/m0/s1. The minimum atomic E-state index is -4.16. The molecule has 0 saturated carbocycles. The third kappa shape index (κ3) is 8.40. The minimum Gasteiger partial charge on any atom is -0.480 e. The molecule has 0 aromatic heterocycles. The number of sulfonamides is 1. The zero-order valence-electron chi connectivity index (χ0n) is 23.4. The number of rotatable bonds is 12. The topological polar surface area (TPSA) is 180 Å². The fourth-order valence-corrected chi connectivity index (χ4v) is 6.05. The van der Waals surface area contributed by atoms with Gasteiger partial charge in [-0.2, -0.15) is 9.82 Å². The van der Waals surface area contributed by atoms with E-state index in [0.29, 0.717) is 12.0 Å². The number of cyclic esters (lactones) is 1. The summed E-state index contributed by atoms with van der Waals surface area (Å²) in [5.74, 6) is 3.20. The Morgan fingerprint density at radius 1 is 1.12 bits per heavy atom. The van der Waals surface area contributed by atoms with Crippen molar-refractivity contribution in [2.24, 2.45) is 10.9 Å². The Kier molecular flexibility index (Phi) is 10.1. The molecule has 1 heterocycles. The number of nitrogens with one attached hydrogen (secondary N) is 2. The highest BCUT2D eigenvalue weighted by atomic mass is 32.2. The van der Waals surface area contributed by atoms with E-state index >= 15 is 0 Å². The van der Waals surface area contributed by atoms with Gasteiger partial charge >= 0.3 is 12.1 Å². The second-order valence-electron chi connectivity index (χ2n) is 10.2. The maximum absolute atomic E-state index is 13.2. The number of benzene rings is 3. The summed E-state index contributed by atoms with van der Waals surface area (Å²) in [4.78, 5) is 39.3. The molecule has 1 fully saturated rings. The van der Waals surface area contributed by atoms with E-state index in [1.54, 1.807) is 24.0 Å². The van der Waals surface area contributed by atoms with E-state index in [0.717, 1.165) is 16.7 Å². The molecule has 1 saturated heterocycles. The van der Waals surface area contributed by atoms with Crippen LogP contribution in [0.2, 0.25) is 0 Å². The van der Waals surface area contributed by atoms with E-state index in [1.165, 1.54) is 18.3 Å². The van der Waals surface area contributed by atoms with Crippen LogP contribution in [0.15, 0.2) is 88.9 Å². The second-order valence-corrected chi connectivity index (χ2v) is 11.9. The van der Waals surface area contributed by atoms with Crippen molar-refractivity contribution in [2.75, 3.05) is 6.54 Å². The van der Waals surface area contributed by atoms with Crippen molar-refractivity contribution < 1.29 is 32.6 Å². The average Bonchev–Trinajstić information content (AvgIpc) is 2.97. The molecule has 0 radical (unpaired) electrons. The highest BCUT2D eigenvalue weighted by Gasteiger charge is 2.37. The predicted octanol–water partition coefficient (Wildman–Crippen LogP) is 2.68. The summed E-state index contributed by atoms with van der Waals surface area (Å²) in [6.07, 6.45) is 0.149. The van der Waals surface area contributed by atoms with Crippen LogP contribution in [0.5, 0.6) is 0 Å². The highest BCUT2D eigenvalue weighted by molar-refractivity contribution is 7.89. The average molecular weight is 608 g/mol. The van der Waals surface area contributed by atoms with Crippen LogP contribution in [0.1, 0.15) is 41.1 Å². The lowest BCUT2D eigenvalue weighted by molar-refractivity contribution is -0.138. The number of hydrogen-bond acceptors (Lipinski definition) is 8. The van der Waals surface area contributed by atoms with E-state index in [4.69, 9.17) is 10.6 Å². The van der Waals surface area contributed by atoms with Crippen LogP contribution in [0.3, 0.4) is 0 Å². The number of ether oxygens (including phenoxy) is 1. The molecule has 0 aliphatic carbocycles. The van der Waals surface area contributed by atoms with Crippen molar-refractivity contribution in [1.29, 1.82) is 0 Å².